The molecule has 176 valence electrons. The zero-order valence-electron chi connectivity index (χ0n) is 19.6. The summed E-state index contributed by atoms with van der Waals surface area (Å²) in [7, 11) is 0. The Labute approximate surface area is 194 Å². The molecule has 33 heavy (non-hydrogen) atoms. The first-order valence-electron chi connectivity index (χ1n) is 11.5. The first-order chi connectivity index (χ1) is 15.6. The minimum atomic E-state index is -1.01. The fraction of sp³-hybridized carbons (Fsp3) is 0.480. The molecule has 8 nitrogen and oxygen atoms in total. The summed E-state index contributed by atoms with van der Waals surface area (Å²) in [4.78, 5) is 33.0. The lowest BCUT2D eigenvalue weighted by Crippen LogP contribution is -2.44. The maximum atomic E-state index is 12.7. The number of nitrogens with zero attached hydrogens (tertiary/aromatic N) is 2. The van der Waals surface area contributed by atoms with Gasteiger partial charge in [0.15, 0.2) is 5.82 Å². The molecule has 1 aliphatic carbocycles. The maximum absolute atomic E-state index is 12.7. The molecule has 2 heterocycles. The van der Waals surface area contributed by atoms with Crippen LogP contribution in [-0.4, -0.2) is 44.9 Å². The van der Waals surface area contributed by atoms with Crippen LogP contribution in [0, 0.1) is 5.41 Å². The number of imidazole rings is 1. The number of piperidine rings is 1. The zero-order valence-corrected chi connectivity index (χ0v) is 19.6. The molecule has 0 radical (unpaired) electrons. The lowest BCUT2D eigenvalue weighted by atomic mass is 9.76. The lowest BCUT2D eigenvalue weighted by Gasteiger charge is -2.38. The van der Waals surface area contributed by atoms with Gasteiger partial charge in [0.25, 0.3) is 5.91 Å². The summed E-state index contributed by atoms with van der Waals surface area (Å²) in [5.74, 6) is 0.138. The number of aromatic amines is 1. The number of hydrogen-bond acceptors (Lipinski definition) is 5. The highest BCUT2D eigenvalue weighted by atomic mass is 16.3. The largest absolute Gasteiger partial charge is 0.385 e. The molecular formula is C25H33N5O3. The van der Waals surface area contributed by atoms with Gasteiger partial charge in [-0.05, 0) is 60.8 Å². The third-order valence-corrected chi connectivity index (χ3v) is 6.97. The summed E-state index contributed by atoms with van der Waals surface area (Å²) in [5.41, 5.74) is 8.47. The molecule has 1 saturated heterocycles. The van der Waals surface area contributed by atoms with Crippen molar-refractivity contribution in [3.63, 3.8) is 0 Å². The molecular weight excluding hydrogens is 418 g/mol. The van der Waals surface area contributed by atoms with Crippen LogP contribution in [0.4, 0.5) is 11.5 Å². The van der Waals surface area contributed by atoms with Crippen molar-refractivity contribution in [2.75, 3.05) is 24.1 Å². The van der Waals surface area contributed by atoms with Gasteiger partial charge >= 0.3 is 0 Å². The maximum Gasteiger partial charge on any atom is 0.291 e. The van der Waals surface area contributed by atoms with Crippen LogP contribution in [0.15, 0.2) is 30.5 Å². The van der Waals surface area contributed by atoms with Gasteiger partial charge in [0.1, 0.15) is 5.82 Å². The van der Waals surface area contributed by atoms with Crippen molar-refractivity contribution in [3.8, 4) is 0 Å². The molecule has 2 aromatic rings. The SMILES string of the molecule is CC(=O)N1CCC(O)(c2ccc(NC(=O)c3ncc(N)[nH]3)c(C3=CCC(C)(C)CC3)c2)CC1. The van der Waals surface area contributed by atoms with E-state index in [0.717, 1.165) is 36.0 Å². The van der Waals surface area contributed by atoms with Crippen LogP contribution in [0.25, 0.3) is 5.57 Å². The Balaban J connectivity index is 1.66. The molecule has 1 aromatic carbocycles. The number of rotatable bonds is 4. The Morgan fingerprint density at radius 2 is 1.94 bits per heavy atom. The average molecular weight is 452 g/mol. The summed E-state index contributed by atoms with van der Waals surface area (Å²) in [6, 6.07) is 5.72. The smallest absolute Gasteiger partial charge is 0.291 e. The summed E-state index contributed by atoms with van der Waals surface area (Å²) in [5, 5.41) is 14.4. The number of allylic oxidation sites excluding steroid dienone is 2. The second kappa shape index (κ2) is 8.67. The van der Waals surface area contributed by atoms with E-state index < -0.39 is 5.60 Å². The lowest BCUT2D eigenvalue weighted by molar-refractivity contribution is -0.133. The highest BCUT2D eigenvalue weighted by Crippen LogP contribution is 2.42. The number of likely N-dealkylation sites (tertiary alicyclic amines) is 1. The molecule has 4 rings (SSSR count). The number of nitrogens with one attached hydrogen (secondary N) is 2. The summed E-state index contributed by atoms with van der Waals surface area (Å²) in [6.45, 7) is 7.12. The molecule has 1 aromatic heterocycles. The molecule has 0 bridgehead atoms. The van der Waals surface area contributed by atoms with Crippen molar-refractivity contribution in [3.05, 3.63) is 47.4 Å². The quantitative estimate of drug-likeness (QED) is 0.565. The Morgan fingerprint density at radius 3 is 2.52 bits per heavy atom. The molecule has 2 amide bonds. The molecule has 5 N–H and O–H groups in total. The molecule has 8 heteroatoms. The molecule has 2 aliphatic rings. The fourth-order valence-corrected chi connectivity index (χ4v) is 4.64. The monoisotopic (exact) mass is 451 g/mol. The average Bonchev–Trinajstić information content (AvgIpc) is 3.21. The zero-order chi connectivity index (χ0) is 23.8. The topological polar surface area (TPSA) is 124 Å². The summed E-state index contributed by atoms with van der Waals surface area (Å²) < 4.78 is 0. The van der Waals surface area contributed by atoms with E-state index in [1.807, 2.05) is 18.2 Å². The number of anilines is 2. The number of amides is 2. The second-order valence-corrected chi connectivity index (χ2v) is 10.0. The number of nitrogen functional groups attached to an aromatic ring is 1. The van der Waals surface area contributed by atoms with Crippen molar-refractivity contribution >= 4 is 28.9 Å². The van der Waals surface area contributed by atoms with Gasteiger partial charge in [0.05, 0.1) is 11.8 Å². The van der Waals surface area contributed by atoms with Gasteiger partial charge in [-0.1, -0.05) is 26.0 Å². The van der Waals surface area contributed by atoms with Crippen LogP contribution in [-0.2, 0) is 10.4 Å². The summed E-state index contributed by atoms with van der Waals surface area (Å²) in [6.07, 6.45) is 7.50. The number of aromatic nitrogens is 2. The molecule has 1 aliphatic heterocycles. The summed E-state index contributed by atoms with van der Waals surface area (Å²) >= 11 is 0. The van der Waals surface area contributed by atoms with Crippen LogP contribution >= 0.6 is 0 Å². The van der Waals surface area contributed by atoms with Crippen molar-refractivity contribution in [2.45, 2.75) is 58.5 Å². The van der Waals surface area contributed by atoms with E-state index in [1.165, 1.54) is 6.20 Å². The number of aliphatic hydroxyl groups is 1. The predicted octanol–water partition coefficient (Wildman–Crippen LogP) is 3.67. The Morgan fingerprint density at radius 1 is 1.21 bits per heavy atom. The van der Waals surface area contributed by atoms with Crippen LogP contribution in [0.2, 0.25) is 0 Å². The molecule has 1 fully saturated rings. The van der Waals surface area contributed by atoms with Gasteiger partial charge in [-0.2, -0.15) is 0 Å². The van der Waals surface area contributed by atoms with Crippen LogP contribution < -0.4 is 11.1 Å². The fourth-order valence-electron chi connectivity index (χ4n) is 4.64. The van der Waals surface area contributed by atoms with E-state index in [9.17, 15) is 14.7 Å². The third kappa shape index (κ3) is 4.95. The highest BCUT2D eigenvalue weighted by Gasteiger charge is 2.35. The van der Waals surface area contributed by atoms with Crippen molar-refractivity contribution < 1.29 is 14.7 Å². The standard InChI is InChI=1S/C25H33N5O3/c1-16(31)30-12-10-25(33,11-13-30)18-4-5-20(28-23(32)22-27-15-21(26)29-22)19(14-18)17-6-8-24(2,3)9-7-17/h4-6,14-15,33H,7-13,26H2,1-3H3,(H,27,29)(H,28,32). The minimum absolute atomic E-state index is 0.0318. The number of nitrogens with two attached hydrogens (primary N) is 1. The van der Waals surface area contributed by atoms with Crippen LogP contribution in [0.1, 0.15) is 74.6 Å². The van der Waals surface area contributed by atoms with Gasteiger partial charge in [-0.25, -0.2) is 4.98 Å². The van der Waals surface area contributed by atoms with Gasteiger partial charge in [0, 0.05) is 31.3 Å². The number of benzene rings is 1. The van der Waals surface area contributed by atoms with Crippen LogP contribution in [0.3, 0.4) is 0 Å². The highest BCUT2D eigenvalue weighted by molar-refractivity contribution is 6.03. The number of H-pyrrole nitrogens is 1. The molecule has 0 saturated carbocycles. The minimum Gasteiger partial charge on any atom is -0.385 e. The van der Waals surface area contributed by atoms with E-state index in [4.69, 9.17) is 5.73 Å². The number of carbonyl (C=O) groups is 2. The Hall–Kier alpha value is -3.13. The first kappa shape index (κ1) is 23.0. The van der Waals surface area contributed by atoms with Gasteiger partial charge in [-0.15, -0.1) is 0 Å². The van der Waals surface area contributed by atoms with Gasteiger partial charge < -0.3 is 26.0 Å². The van der Waals surface area contributed by atoms with E-state index >= 15 is 0 Å². The van der Waals surface area contributed by atoms with Crippen molar-refractivity contribution in [2.24, 2.45) is 5.41 Å². The van der Waals surface area contributed by atoms with E-state index in [-0.39, 0.29) is 23.1 Å². The normalized spacial score (nSPS) is 19.6. The number of hydrogen-bond donors (Lipinski definition) is 4. The Kier molecular flexibility index (Phi) is 6.05. The van der Waals surface area contributed by atoms with Crippen molar-refractivity contribution in [1.82, 2.24) is 14.9 Å². The van der Waals surface area contributed by atoms with E-state index in [1.54, 1.807) is 11.8 Å². The third-order valence-electron chi connectivity index (χ3n) is 6.97. The molecule has 0 atom stereocenters. The van der Waals surface area contributed by atoms with Gasteiger partial charge in [0.2, 0.25) is 5.91 Å². The van der Waals surface area contributed by atoms with Gasteiger partial charge in [-0.3, -0.25) is 9.59 Å². The molecule has 0 unspecified atom stereocenters. The number of carbonyl (C=O) groups excluding carboxylic acids is 2. The van der Waals surface area contributed by atoms with Crippen LogP contribution in [0.5, 0.6) is 0 Å². The predicted molar refractivity (Wildman–Crippen MR) is 128 cm³/mol. The first-order valence-corrected chi connectivity index (χ1v) is 11.5. The molecule has 0 spiro atoms. The van der Waals surface area contributed by atoms with Crippen molar-refractivity contribution in [1.29, 1.82) is 0 Å². The van der Waals surface area contributed by atoms with E-state index in [0.29, 0.717) is 37.4 Å². The Bertz CT molecular complexity index is 1090. The van der Waals surface area contributed by atoms with E-state index in [2.05, 4.69) is 35.2 Å². The second-order valence-electron chi connectivity index (χ2n) is 10.0.